The number of hydrogen-bond donors (Lipinski definition) is 4. The Labute approximate surface area is 120 Å². The van der Waals surface area contributed by atoms with Crippen molar-refractivity contribution < 1.29 is 14.7 Å². The highest BCUT2D eigenvalue weighted by atomic mass is 16.4. The Morgan fingerprint density at radius 1 is 1.38 bits per heavy atom. The van der Waals surface area contributed by atoms with Crippen molar-refractivity contribution in [1.29, 1.82) is 10.7 Å². The average Bonchev–Trinajstić information content (AvgIpc) is 2.45. The zero-order valence-corrected chi connectivity index (χ0v) is 11.2. The van der Waals surface area contributed by atoms with Crippen molar-refractivity contribution in [2.75, 3.05) is 12.0 Å². The van der Waals surface area contributed by atoms with Gasteiger partial charge in [-0.15, -0.1) is 0 Å². The van der Waals surface area contributed by atoms with Crippen LogP contribution in [-0.2, 0) is 4.79 Å². The predicted octanol–water partition coefficient (Wildman–Crippen LogP) is 0.832. The van der Waals surface area contributed by atoms with E-state index in [4.69, 9.17) is 15.8 Å². The first-order chi connectivity index (χ1) is 9.93. The van der Waals surface area contributed by atoms with Crippen LogP contribution >= 0.6 is 0 Å². The fraction of sp³-hybridized carbons (Fsp3) is 0.154. The van der Waals surface area contributed by atoms with Crippen molar-refractivity contribution in [3.05, 3.63) is 29.8 Å². The molecule has 0 fully saturated rings. The minimum atomic E-state index is -1.12. The van der Waals surface area contributed by atoms with Crippen LogP contribution < -0.4 is 10.7 Å². The summed E-state index contributed by atoms with van der Waals surface area (Å²) >= 11 is 0. The third kappa shape index (κ3) is 5.12. The van der Waals surface area contributed by atoms with E-state index in [0.717, 1.165) is 0 Å². The molecular formula is C13H13N5O3. The number of nitrogens with zero attached hydrogens (tertiary/aromatic N) is 2. The van der Waals surface area contributed by atoms with Gasteiger partial charge in [0.15, 0.2) is 5.71 Å². The van der Waals surface area contributed by atoms with Gasteiger partial charge in [-0.25, -0.2) is 0 Å². The van der Waals surface area contributed by atoms with Crippen molar-refractivity contribution in [2.45, 2.75) is 6.92 Å². The maximum atomic E-state index is 11.6. The lowest BCUT2D eigenvalue weighted by molar-refractivity contribution is -0.135. The number of aliphatic carboxylic acids is 1. The number of amides is 1. The van der Waals surface area contributed by atoms with Crippen LogP contribution in [0.3, 0.4) is 0 Å². The Bertz CT molecular complexity index is 628. The van der Waals surface area contributed by atoms with Gasteiger partial charge in [0.25, 0.3) is 5.91 Å². The second-order valence-corrected chi connectivity index (χ2v) is 3.96. The Morgan fingerprint density at radius 3 is 2.48 bits per heavy atom. The maximum Gasteiger partial charge on any atom is 0.322 e. The predicted molar refractivity (Wildman–Crippen MR) is 76.5 cm³/mol. The average molecular weight is 287 g/mol. The quantitative estimate of drug-likeness (QED) is 0.453. The molecule has 0 aromatic heterocycles. The van der Waals surface area contributed by atoms with Crippen molar-refractivity contribution in [3.8, 4) is 6.07 Å². The van der Waals surface area contributed by atoms with Gasteiger partial charge in [0.05, 0.1) is 11.4 Å². The summed E-state index contributed by atoms with van der Waals surface area (Å²) in [6.07, 6.45) is 0. The summed E-state index contributed by atoms with van der Waals surface area (Å²) in [5.41, 5.74) is 3.41. The Morgan fingerprint density at radius 2 is 2.00 bits per heavy atom. The summed E-state index contributed by atoms with van der Waals surface area (Å²) in [4.78, 5) is 21.9. The third-order valence-corrected chi connectivity index (χ3v) is 2.31. The van der Waals surface area contributed by atoms with Crippen LogP contribution in [0.5, 0.6) is 0 Å². The number of rotatable bonds is 6. The van der Waals surface area contributed by atoms with Crippen molar-refractivity contribution in [3.63, 3.8) is 0 Å². The number of nitrogens with one attached hydrogen (secondary N) is 3. The molecule has 0 spiro atoms. The van der Waals surface area contributed by atoms with E-state index in [-0.39, 0.29) is 11.4 Å². The molecule has 0 saturated heterocycles. The summed E-state index contributed by atoms with van der Waals surface area (Å²) < 4.78 is 0. The van der Waals surface area contributed by atoms with Crippen molar-refractivity contribution in [1.82, 2.24) is 5.32 Å². The Hall–Kier alpha value is -3.21. The van der Waals surface area contributed by atoms with E-state index in [1.54, 1.807) is 18.2 Å². The molecule has 1 rings (SSSR count). The summed E-state index contributed by atoms with van der Waals surface area (Å²) in [5, 5.41) is 30.5. The molecule has 0 unspecified atom stereocenters. The molecular weight excluding hydrogens is 274 g/mol. The molecule has 0 bridgehead atoms. The molecule has 108 valence electrons. The fourth-order valence-corrected chi connectivity index (χ4v) is 1.27. The van der Waals surface area contributed by atoms with E-state index in [1.807, 2.05) is 0 Å². The van der Waals surface area contributed by atoms with Gasteiger partial charge in [0, 0.05) is 5.56 Å². The molecule has 0 aliphatic heterocycles. The van der Waals surface area contributed by atoms with Gasteiger partial charge in [-0.3, -0.25) is 15.0 Å². The SMILES string of the molecule is CC(=N)/C(C#N)=N/Nc1ccc(C(=O)NCC(=O)O)cc1. The first kappa shape index (κ1) is 15.8. The van der Waals surface area contributed by atoms with Crippen LogP contribution in [0.25, 0.3) is 0 Å². The lowest BCUT2D eigenvalue weighted by atomic mass is 10.2. The molecule has 0 radical (unpaired) electrons. The number of carbonyl (C=O) groups excluding carboxylic acids is 1. The number of carboxylic acids is 1. The molecule has 21 heavy (non-hydrogen) atoms. The van der Waals surface area contributed by atoms with Gasteiger partial charge in [-0.2, -0.15) is 10.4 Å². The Balaban J connectivity index is 2.70. The summed E-state index contributed by atoms with van der Waals surface area (Å²) in [6, 6.07) is 7.84. The maximum absolute atomic E-state index is 11.6. The van der Waals surface area contributed by atoms with Crippen LogP contribution in [0.15, 0.2) is 29.4 Å². The second-order valence-electron chi connectivity index (χ2n) is 3.96. The Kier molecular flexibility index (Phi) is 5.58. The molecule has 0 aliphatic carbocycles. The molecule has 0 saturated carbocycles. The van der Waals surface area contributed by atoms with Gasteiger partial charge in [-0.05, 0) is 31.2 Å². The van der Waals surface area contributed by atoms with Crippen LogP contribution in [0.1, 0.15) is 17.3 Å². The van der Waals surface area contributed by atoms with Gasteiger partial charge in [-0.1, -0.05) is 0 Å². The van der Waals surface area contributed by atoms with Crippen LogP contribution in [-0.4, -0.2) is 35.0 Å². The number of anilines is 1. The molecule has 0 aliphatic rings. The van der Waals surface area contributed by atoms with Crippen LogP contribution in [0, 0.1) is 16.7 Å². The van der Waals surface area contributed by atoms with E-state index >= 15 is 0 Å². The number of hydrazone groups is 1. The first-order valence-corrected chi connectivity index (χ1v) is 5.83. The molecule has 1 amide bonds. The minimum absolute atomic E-state index is 0.0367. The summed E-state index contributed by atoms with van der Waals surface area (Å²) in [5.74, 6) is -1.62. The molecule has 0 heterocycles. The standard InChI is InChI=1S/C13H13N5O3/c1-8(15)11(6-14)18-17-10-4-2-9(3-5-10)13(21)16-7-12(19)20/h2-5,15,17H,7H2,1H3,(H,16,21)(H,19,20)/b15-8?,18-11+. The number of benzene rings is 1. The van der Waals surface area contributed by atoms with Gasteiger partial charge in [0.1, 0.15) is 12.6 Å². The third-order valence-electron chi connectivity index (χ3n) is 2.31. The molecule has 4 N–H and O–H groups in total. The van der Waals surface area contributed by atoms with Crippen LogP contribution in [0.4, 0.5) is 5.69 Å². The fourth-order valence-electron chi connectivity index (χ4n) is 1.27. The topological polar surface area (TPSA) is 138 Å². The number of nitriles is 1. The van der Waals surface area contributed by atoms with E-state index in [9.17, 15) is 9.59 Å². The second kappa shape index (κ2) is 7.40. The smallest absolute Gasteiger partial charge is 0.322 e. The van der Waals surface area contributed by atoms with E-state index in [2.05, 4.69) is 15.8 Å². The van der Waals surface area contributed by atoms with Gasteiger partial charge in [0.2, 0.25) is 0 Å². The van der Waals surface area contributed by atoms with Gasteiger partial charge < -0.3 is 15.8 Å². The highest BCUT2D eigenvalue weighted by Gasteiger charge is 2.07. The lowest BCUT2D eigenvalue weighted by Gasteiger charge is -2.04. The normalized spacial score (nSPS) is 10.4. The van der Waals surface area contributed by atoms with E-state index in [1.165, 1.54) is 19.1 Å². The van der Waals surface area contributed by atoms with E-state index in [0.29, 0.717) is 11.3 Å². The van der Waals surface area contributed by atoms with Crippen LogP contribution in [0.2, 0.25) is 0 Å². The van der Waals surface area contributed by atoms with E-state index < -0.39 is 18.4 Å². The summed E-state index contributed by atoms with van der Waals surface area (Å²) in [7, 11) is 0. The molecule has 1 aromatic rings. The number of carboxylic acid groups (broad SMARTS) is 1. The largest absolute Gasteiger partial charge is 0.480 e. The summed E-state index contributed by atoms with van der Waals surface area (Å²) in [6.45, 7) is 0.993. The van der Waals surface area contributed by atoms with Crippen molar-refractivity contribution >= 4 is 29.0 Å². The molecule has 0 atom stereocenters. The van der Waals surface area contributed by atoms with Gasteiger partial charge >= 0.3 is 5.97 Å². The highest BCUT2D eigenvalue weighted by molar-refractivity contribution is 6.46. The first-order valence-electron chi connectivity index (χ1n) is 5.83. The zero-order valence-electron chi connectivity index (χ0n) is 11.2. The number of hydrogen-bond acceptors (Lipinski definition) is 6. The minimum Gasteiger partial charge on any atom is -0.480 e. The molecule has 1 aromatic carbocycles. The van der Waals surface area contributed by atoms with Crippen molar-refractivity contribution in [2.24, 2.45) is 5.10 Å². The number of carbonyl (C=O) groups is 2. The molecule has 8 heteroatoms. The monoisotopic (exact) mass is 287 g/mol. The molecule has 8 nitrogen and oxygen atoms in total. The highest BCUT2D eigenvalue weighted by Crippen LogP contribution is 2.09. The zero-order chi connectivity index (χ0) is 15.8. The lowest BCUT2D eigenvalue weighted by Crippen LogP contribution is -2.29.